The van der Waals surface area contributed by atoms with Crippen LogP contribution < -0.4 is 55.3 Å². The molecule has 0 spiro atoms. The van der Waals surface area contributed by atoms with E-state index in [9.17, 15) is 33.9 Å². The number of halogens is 5. The molecule has 0 aliphatic heterocycles. The number of carboxylic acids is 2. The van der Waals surface area contributed by atoms with Gasteiger partial charge in [0.2, 0.25) is 11.8 Å². The number of nitrogens with two attached hydrogens (primary N) is 2. The van der Waals surface area contributed by atoms with Crippen LogP contribution in [0.4, 0.5) is 28.4 Å². The summed E-state index contributed by atoms with van der Waals surface area (Å²) in [5, 5.41) is 46.2. The molecule has 0 radical (unpaired) electrons. The second-order valence-corrected chi connectivity index (χ2v) is 28.6. The van der Waals surface area contributed by atoms with Crippen molar-refractivity contribution < 1.29 is 82.0 Å². The van der Waals surface area contributed by atoms with Gasteiger partial charge < -0.3 is 75.3 Å². The lowest BCUT2D eigenvalue weighted by Gasteiger charge is -2.10. The Morgan fingerprint density at radius 1 is 0.372 bits per heavy atom. The molecule has 0 aliphatic carbocycles. The summed E-state index contributed by atoms with van der Waals surface area (Å²) in [5.41, 5.74) is 15.2. The van der Waals surface area contributed by atoms with Crippen LogP contribution in [0.1, 0.15) is 44.9 Å². The number of carbonyl (C=O) groups excluding carboxylic acids is 4. The number of hydrogen-bond acceptors (Lipinski definition) is 17. The third kappa shape index (κ3) is 23.4. The number of fused-ring (bicyclic) bond motifs is 7. The fraction of sp³-hybridized carbons (Fsp3) is 0.105. The van der Waals surface area contributed by atoms with E-state index in [0.717, 1.165) is 104 Å². The second-order valence-electron chi connectivity index (χ2n) is 24.1. The molecule has 0 saturated heterocycles. The Bertz CT molecular complexity index is 5980. The highest BCUT2D eigenvalue weighted by Gasteiger charge is 2.17. The molecule has 22 nitrogen and oxygen atoms in total. The number of rotatable bonds is 13. The predicted octanol–water partition coefficient (Wildman–Crippen LogP) is 21.8. The van der Waals surface area contributed by atoms with Gasteiger partial charge in [-0.05, 0) is 239 Å². The van der Waals surface area contributed by atoms with Crippen molar-refractivity contribution in [2.75, 3.05) is 71.9 Å². The van der Waals surface area contributed by atoms with E-state index in [1.807, 2.05) is 146 Å². The van der Waals surface area contributed by atoms with Gasteiger partial charge >= 0.3 is 17.9 Å². The Labute approximate surface area is 690 Å². The smallest absolute Gasteiger partial charge is 0.341 e. The van der Waals surface area contributed by atoms with Crippen molar-refractivity contribution in [3.63, 3.8) is 0 Å². The topological polar surface area (TPSA) is 317 Å². The van der Waals surface area contributed by atoms with Crippen LogP contribution in [0.5, 0.6) is 46.0 Å². The molecule has 27 heteroatoms. The van der Waals surface area contributed by atoms with Crippen LogP contribution in [0.15, 0.2) is 235 Å². The number of nitrogens with zero attached hydrogens (tertiary/aromatic N) is 1. The number of anilines is 4. The minimum Gasteiger partial charge on any atom is -0.507 e. The van der Waals surface area contributed by atoms with Crippen LogP contribution in [-0.4, -0.2) is 101 Å². The quantitative estimate of drug-likeness (QED) is 0.0244. The first-order valence-electron chi connectivity index (χ1n) is 33.4. The second kappa shape index (κ2) is 40.7. The Morgan fingerprint density at radius 3 is 1.04 bits per heavy atom. The van der Waals surface area contributed by atoms with Crippen molar-refractivity contribution in [2.24, 2.45) is 0 Å². The van der Waals surface area contributed by atoms with Crippen LogP contribution in [0.3, 0.4) is 0 Å². The highest BCUT2D eigenvalue weighted by molar-refractivity contribution is 9.11. The standard InChI is InChI=1S/C14H12N2O2.C13H12BrNO2.C13H11BrO3.C12H9BrO3.C12H11NO3.C11H10BrNO.C11H7BrO3/c1-9(17)16-13-7-11-6-12(15-2)5-4-10(11)8-14(13)18-3;1-8(16)15-12-6-10-5-11(14)4-3-9(10)7-13(12)17-2;1-16-12-7-8-3-4-10(14)5-9(8)6-11(12)13(15)17-2;1-16-11-6-7-2-3-9(13)4-8(7)5-10(11)12(14)15;1-15-12-6-8-2-3-10(16-7-14)4-9(8)5-11(12)13;1-14-11-6-7-2-3-9(12)4-8(7)5-10(11)13;12-8-2-1-6-5-10(13)9(11(14)15)4-7(6)3-8/h4-8H,1,3H3,(H,16,17);3-7H,1-2H3,(H,15,16);3-7H,1-2H3;2-6H,1H3,(H,14,15);2-7H,13H2,1H3;2-6H,13H2,1H3;1-5,13H,(H,14,15). The summed E-state index contributed by atoms with van der Waals surface area (Å²) in [4.78, 5) is 69.2. The van der Waals surface area contributed by atoms with Gasteiger partial charge in [-0.15, -0.1) is 0 Å². The van der Waals surface area contributed by atoms with Gasteiger partial charge in [-0.3, -0.25) is 14.4 Å². The predicted molar refractivity (Wildman–Crippen MR) is 463 cm³/mol. The molecule has 0 saturated carbocycles. The van der Waals surface area contributed by atoms with E-state index in [1.54, 1.807) is 83.0 Å². The van der Waals surface area contributed by atoms with Crippen molar-refractivity contribution in [3.05, 3.63) is 263 Å². The number of carboxylic acid groups (broad SMARTS) is 2. The summed E-state index contributed by atoms with van der Waals surface area (Å²) in [6.45, 7) is 10.3. The first kappa shape index (κ1) is 86.4. The number of carbonyl (C=O) groups is 6. The molecule has 0 unspecified atom stereocenters. The first-order valence-corrected chi connectivity index (χ1v) is 37.3. The van der Waals surface area contributed by atoms with Crippen LogP contribution in [0.25, 0.3) is 80.3 Å². The average Bonchev–Trinajstić information content (AvgIpc) is 0.812. The highest BCUT2D eigenvalue weighted by atomic mass is 79.9. The summed E-state index contributed by atoms with van der Waals surface area (Å²) in [7, 11) is 10.7. The van der Waals surface area contributed by atoms with Crippen molar-refractivity contribution in [1.82, 2.24) is 0 Å². The normalized spacial score (nSPS) is 10.2. The minimum absolute atomic E-state index is 0.0828. The first-order chi connectivity index (χ1) is 54.0. The number of aromatic carboxylic acids is 2. The number of nitrogen functional groups attached to an aromatic ring is 2. The Hall–Kier alpha value is -12.2. The minimum atomic E-state index is -1.13. The van der Waals surface area contributed by atoms with Gasteiger partial charge in [-0.25, -0.2) is 19.2 Å². The number of ether oxygens (including phenoxy) is 8. The summed E-state index contributed by atoms with van der Waals surface area (Å²) in [6, 6.07) is 64.5. The molecule has 0 aromatic heterocycles. The fourth-order valence-electron chi connectivity index (χ4n) is 11.2. The number of hydrogen-bond donors (Lipinski definition) is 7. The number of nitrogens with one attached hydrogen (secondary N) is 2. The van der Waals surface area contributed by atoms with Crippen molar-refractivity contribution >= 4 is 220 Å². The van der Waals surface area contributed by atoms with Crippen LogP contribution >= 0.6 is 79.6 Å². The van der Waals surface area contributed by atoms with Gasteiger partial charge in [0.15, 0.2) is 5.69 Å². The van der Waals surface area contributed by atoms with Crippen LogP contribution in [-0.2, 0) is 19.1 Å². The molecule has 113 heavy (non-hydrogen) atoms. The van der Waals surface area contributed by atoms with Gasteiger partial charge in [0.1, 0.15) is 62.7 Å². The SMILES string of the molecule is COC(=O)c1cc2cc(Br)ccc2cc1OC.COc1cc2ccc(Br)cc2cc1C(=O)O.COc1cc2ccc(Br)cc2cc1N.COc1cc2ccc(Br)cc2cc1NC(C)=O.COc1cc2ccc(OC=O)cc2cc1N.O=C(O)c1cc2cc(Br)ccc2cc1O.[C-]#[N+]c1ccc2cc(OC)c(NC(C)=O)cc2c1. The van der Waals surface area contributed by atoms with Crippen LogP contribution in [0, 0.1) is 6.57 Å². The maximum atomic E-state index is 11.6. The zero-order chi connectivity index (χ0) is 82.3. The molecule has 0 heterocycles. The number of aromatic hydroxyl groups is 1. The van der Waals surface area contributed by atoms with E-state index < -0.39 is 17.9 Å². The number of amides is 2. The molecule has 0 fully saturated rings. The number of methoxy groups -OCH3 is 7. The van der Waals surface area contributed by atoms with E-state index in [0.29, 0.717) is 75.0 Å². The van der Waals surface area contributed by atoms with Crippen molar-refractivity contribution in [3.8, 4) is 46.0 Å². The van der Waals surface area contributed by atoms with E-state index in [-0.39, 0.29) is 28.7 Å². The molecule has 14 aromatic rings. The van der Waals surface area contributed by atoms with Crippen LogP contribution in [0.2, 0.25) is 0 Å². The summed E-state index contributed by atoms with van der Waals surface area (Å²) >= 11 is 16.9. The Morgan fingerprint density at radius 2 is 0.681 bits per heavy atom. The molecule has 0 bridgehead atoms. The van der Waals surface area contributed by atoms with Gasteiger partial charge in [-0.2, -0.15) is 0 Å². The Kier molecular flexibility index (Phi) is 31.1. The van der Waals surface area contributed by atoms with E-state index in [2.05, 4.69) is 95.1 Å². The summed E-state index contributed by atoms with van der Waals surface area (Å²) in [6.07, 6.45) is 0. The molecule has 9 N–H and O–H groups in total. The average molecular weight is 1850 g/mol. The maximum Gasteiger partial charge on any atom is 0.341 e. The van der Waals surface area contributed by atoms with Gasteiger partial charge in [-0.1, -0.05) is 128 Å². The van der Waals surface area contributed by atoms with E-state index in [1.165, 1.54) is 47.3 Å². The number of esters is 1. The third-order valence-electron chi connectivity index (χ3n) is 16.5. The zero-order valence-corrected chi connectivity index (χ0v) is 69.8. The zero-order valence-electron chi connectivity index (χ0n) is 61.8. The molecule has 2 amide bonds. The lowest BCUT2D eigenvalue weighted by atomic mass is 10.1. The summed E-state index contributed by atoms with van der Waals surface area (Å²) < 4.78 is 45.3. The highest BCUT2D eigenvalue weighted by Crippen LogP contribution is 2.37. The number of benzene rings is 14. The third-order valence-corrected chi connectivity index (χ3v) is 19.0. The largest absolute Gasteiger partial charge is 0.507 e. The molecular formula is C86H72Br5N5O17. The van der Waals surface area contributed by atoms with Crippen molar-refractivity contribution in [2.45, 2.75) is 13.8 Å². The molecule has 0 atom stereocenters. The molecule has 14 aromatic carbocycles. The van der Waals surface area contributed by atoms with Crippen molar-refractivity contribution in [1.29, 1.82) is 0 Å². The van der Waals surface area contributed by atoms with E-state index in [4.69, 9.17) is 66.1 Å². The molecule has 578 valence electrons. The molecule has 14 rings (SSSR count). The van der Waals surface area contributed by atoms with Gasteiger partial charge in [0, 0.05) is 36.2 Å². The molecule has 0 aliphatic rings. The summed E-state index contributed by atoms with van der Waals surface area (Å²) in [5.74, 6) is 1.02. The van der Waals surface area contributed by atoms with Gasteiger partial charge in [0.25, 0.3) is 6.47 Å². The van der Waals surface area contributed by atoms with E-state index >= 15 is 0 Å². The lowest BCUT2D eigenvalue weighted by Crippen LogP contribution is -2.07. The fourth-order valence-corrected chi connectivity index (χ4v) is 13.1. The monoisotopic (exact) mass is 1840 g/mol. The lowest BCUT2D eigenvalue weighted by molar-refractivity contribution is -0.120. The number of phenols is 1. The molecular weight excluding hydrogens is 1770 g/mol. The maximum absolute atomic E-state index is 11.6. The van der Waals surface area contributed by atoms with Gasteiger partial charge in [0.05, 0.1) is 79.1 Å². The Balaban J connectivity index is 0.000000165.